The van der Waals surface area contributed by atoms with E-state index in [9.17, 15) is 4.79 Å². The molecule has 4 aliphatic rings. The third kappa shape index (κ3) is 3.69. The summed E-state index contributed by atoms with van der Waals surface area (Å²) < 4.78 is 5.70. The first kappa shape index (κ1) is 19.2. The van der Waals surface area contributed by atoms with Crippen LogP contribution in [0, 0.1) is 17.8 Å². The first-order valence-electron chi connectivity index (χ1n) is 11.3. The molecule has 4 aliphatic carbocycles. The van der Waals surface area contributed by atoms with Crippen LogP contribution in [-0.4, -0.2) is 21.1 Å². The van der Waals surface area contributed by atoms with Gasteiger partial charge < -0.3 is 9.73 Å². The highest BCUT2D eigenvalue weighted by molar-refractivity contribution is 7.13. The second-order valence-corrected chi connectivity index (χ2v) is 10.5. The van der Waals surface area contributed by atoms with Crippen molar-refractivity contribution in [2.45, 2.75) is 56.8 Å². The van der Waals surface area contributed by atoms with Crippen LogP contribution in [0.2, 0.25) is 0 Å². The number of carbonyl (C=O) groups excluding carboxylic acids is 1. The molecule has 1 amide bonds. The van der Waals surface area contributed by atoms with Gasteiger partial charge in [-0.1, -0.05) is 18.2 Å². The molecule has 0 spiro atoms. The Balaban J connectivity index is 1.07. The van der Waals surface area contributed by atoms with E-state index in [2.05, 4.69) is 20.9 Å². The van der Waals surface area contributed by atoms with E-state index in [1.807, 2.05) is 30.3 Å². The van der Waals surface area contributed by atoms with Crippen LogP contribution in [0.15, 0.2) is 40.1 Å². The number of nitrogens with zero attached hydrogens (tertiary/aromatic N) is 3. The smallest absolute Gasteiger partial charge is 0.247 e. The monoisotopic (exact) mass is 434 g/mol. The zero-order chi connectivity index (χ0) is 20.8. The number of aromatic nitrogens is 3. The molecule has 6 nitrogen and oxygen atoms in total. The van der Waals surface area contributed by atoms with Crippen LogP contribution in [-0.2, 0) is 16.6 Å². The van der Waals surface area contributed by atoms with Gasteiger partial charge in [0, 0.05) is 29.2 Å². The number of hydrogen-bond donors (Lipinski definition) is 1. The quantitative estimate of drug-likeness (QED) is 0.574. The summed E-state index contributed by atoms with van der Waals surface area (Å²) in [6, 6.07) is 9.65. The van der Waals surface area contributed by atoms with E-state index in [0.29, 0.717) is 29.8 Å². The summed E-state index contributed by atoms with van der Waals surface area (Å²) in [6.45, 7) is 0. The molecular formula is C24H26N4O2S. The van der Waals surface area contributed by atoms with Crippen LogP contribution in [0.1, 0.15) is 56.5 Å². The standard InChI is InChI=1S/C24H26N4O2S/c29-20(6-7-21-27-28-22(30-21)18-4-2-1-3-5-18)26-23-25-19(14-31-23)24-11-15-8-16(12-24)10-17(9-15)13-24/h1-5,14-17H,6-13H2,(H,25,26,29). The van der Waals surface area contributed by atoms with Crippen molar-refractivity contribution in [3.63, 3.8) is 0 Å². The molecule has 1 N–H and O–H groups in total. The minimum Gasteiger partial charge on any atom is -0.421 e. The predicted molar refractivity (Wildman–Crippen MR) is 119 cm³/mol. The lowest BCUT2D eigenvalue weighted by Crippen LogP contribution is -2.48. The number of hydrogen-bond acceptors (Lipinski definition) is 6. The minimum atomic E-state index is -0.0640. The fraction of sp³-hybridized carbons (Fsp3) is 0.500. The third-order valence-corrected chi connectivity index (χ3v) is 8.14. The minimum absolute atomic E-state index is 0.0640. The van der Waals surface area contributed by atoms with Crippen molar-refractivity contribution < 1.29 is 9.21 Å². The van der Waals surface area contributed by atoms with Gasteiger partial charge in [-0.2, -0.15) is 0 Å². The summed E-state index contributed by atoms with van der Waals surface area (Å²) in [4.78, 5) is 17.4. The fourth-order valence-corrected chi connectivity index (χ4v) is 7.30. The molecule has 7 heteroatoms. The van der Waals surface area contributed by atoms with E-state index >= 15 is 0 Å². The first-order chi connectivity index (χ1) is 15.1. The summed E-state index contributed by atoms with van der Waals surface area (Å²) >= 11 is 1.56. The van der Waals surface area contributed by atoms with E-state index in [1.165, 1.54) is 44.2 Å². The van der Waals surface area contributed by atoms with Gasteiger partial charge in [0.1, 0.15) is 0 Å². The van der Waals surface area contributed by atoms with E-state index in [4.69, 9.17) is 9.40 Å². The summed E-state index contributed by atoms with van der Waals surface area (Å²) in [7, 11) is 0. The third-order valence-electron chi connectivity index (χ3n) is 7.39. The highest BCUT2D eigenvalue weighted by atomic mass is 32.1. The number of anilines is 1. The lowest BCUT2D eigenvalue weighted by Gasteiger charge is -2.56. The van der Waals surface area contributed by atoms with Crippen molar-refractivity contribution >= 4 is 22.4 Å². The Bertz CT molecular complexity index is 1050. The summed E-state index contributed by atoms with van der Waals surface area (Å²) in [5.41, 5.74) is 2.37. The number of thiazole rings is 1. The van der Waals surface area contributed by atoms with Gasteiger partial charge in [-0.15, -0.1) is 21.5 Å². The van der Waals surface area contributed by atoms with E-state index < -0.39 is 0 Å². The zero-order valence-corrected chi connectivity index (χ0v) is 18.2. The van der Waals surface area contributed by atoms with Crippen molar-refractivity contribution in [2.75, 3.05) is 5.32 Å². The number of amides is 1. The average Bonchev–Trinajstić information content (AvgIpc) is 3.42. The maximum Gasteiger partial charge on any atom is 0.247 e. The van der Waals surface area contributed by atoms with E-state index in [0.717, 1.165) is 23.3 Å². The molecule has 4 bridgehead atoms. The highest BCUT2D eigenvalue weighted by Gasteiger charge is 2.52. The number of aryl methyl sites for hydroxylation is 1. The molecule has 160 valence electrons. The summed E-state index contributed by atoms with van der Waals surface area (Å²) in [6.07, 6.45) is 8.85. The van der Waals surface area contributed by atoms with Gasteiger partial charge in [-0.3, -0.25) is 4.79 Å². The Labute approximate surface area is 185 Å². The largest absolute Gasteiger partial charge is 0.421 e. The molecule has 0 atom stereocenters. The van der Waals surface area contributed by atoms with Gasteiger partial charge in [0.2, 0.25) is 17.7 Å². The van der Waals surface area contributed by atoms with Crippen LogP contribution in [0.3, 0.4) is 0 Å². The molecular weight excluding hydrogens is 408 g/mol. The second kappa shape index (κ2) is 7.55. The Morgan fingerprint density at radius 2 is 1.77 bits per heavy atom. The summed E-state index contributed by atoms with van der Waals surface area (Å²) in [5, 5.41) is 14.0. The molecule has 0 aliphatic heterocycles. The molecule has 2 heterocycles. The number of rotatable bonds is 6. The maximum atomic E-state index is 12.5. The molecule has 2 aromatic heterocycles. The van der Waals surface area contributed by atoms with E-state index in [-0.39, 0.29) is 11.3 Å². The van der Waals surface area contributed by atoms with Gasteiger partial charge in [0.15, 0.2) is 5.13 Å². The van der Waals surface area contributed by atoms with Crippen LogP contribution < -0.4 is 5.32 Å². The Morgan fingerprint density at radius 1 is 1.06 bits per heavy atom. The molecule has 4 fully saturated rings. The lowest BCUT2D eigenvalue weighted by atomic mass is 9.49. The van der Waals surface area contributed by atoms with Gasteiger partial charge in [-0.25, -0.2) is 4.98 Å². The molecule has 0 unspecified atom stereocenters. The second-order valence-electron chi connectivity index (χ2n) is 9.65. The van der Waals surface area contributed by atoms with Crippen molar-refractivity contribution in [1.29, 1.82) is 0 Å². The Hall–Kier alpha value is -2.54. The van der Waals surface area contributed by atoms with Gasteiger partial charge in [0.25, 0.3) is 0 Å². The molecule has 3 aromatic rings. The molecule has 1 aromatic carbocycles. The Kier molecular flexibility index (Phi) is 4.67. The SMILES string of the molecule is O=C(CCc1nnc(-c2ccccc2)o1)Nc1nc(C23CC4CC(CC(C4)C2)C3)cs1. The molecule has 7 rings (SSSR count). The van der Waals surface area contributed by atoms with Crippen molar-refractivity contribution in [2.24, 2.45) is 17.8 Å². The molecule has 0 saturated heterocycles. The summed E-state index contributed by atoms with van der Waals surface area (Å²) in [5.74, 6) is 3.56. The maximum absolute atomic E-state index is 12.5. The van der Waals surface area contributed by atoms with Gasteiger partial charge in [0.05, 0.1) is 5.69 Å². The highest BCUT2D eigenvalue weighted by Crippen LogP contribution is 2.60. The topological polar surface area (TPSA) is 80.9 Å². The van der Waals surface area contributed by atoms with Crippen LogP contribution in [0.4, 0.5) is 5.13 Å². The number of benzene rings is 1. The molecule has 0 radical (unpaired) electrons. The molecule has 4 saturated carbocycles. The zero-order valence-electron chi connectivity index (χ0n) is 17.4. The molecule has 31 heavy (non-hydrogen) atoms. The Morgan fingerprint density at radius 3 is 2.48 bits per heavy atom. The van der Waals surface area contributed by atoms with Crippen LogP contribution in [0.25, 0.3) is 11.5 Å². The van der Waals surface area contributed by atoms with Crippen LogP contribution >= 0.6 is 11.3 Å². The van der Waals surface area contributed by atoms with Crippen molar-refractivity contribution in [1.82, 2.24) is 15.2 Å². The van der Waals surface area contributed by atoms with Crippen molar-refractivity contribution in [3.8, 4) is 11.5 Å². The normalized spacial score (nSPS) is 28.7. The number of carbonyl (C=O) groups is 1. The fourth-order valence-electron chi connectivity index (χ4n) is 6.45. The van der Waals surface area contributed by atoms with Crippen LogP contribution in [0.5, 0.6) is 0 Å². The van der Waals surface area contributed by atoms with Gasteiger partial charge in [-0.05, 0) is 68.4 Å². The predicted octanol–water partition coefficient (Wildman–Crippen LogP) is 5.23. The number of nitrogens with one attached hydrogen (secondary N) is 1. The van der Waals surface area contributed by atoms with Gasteiger partial charge >= 0.3 is 0 Å². The van der Waals surface area contributed by atoms with E-state index in [1.54, 1.807) is 11.3 Å². The van der Waals surface area contributed by atoms with Crippen molar-refractivity contribution in [3.05, 3.63) is 47.3 Å². The lowest BCUT2D eigenvalue weighted by molar-refractivity contribution is -0.116. The average molecular weight is 435 g/mol. The first-order valence-corrected chi connectivity index (χ1v) is 12.2.